The third-order valence-electron chi connectivity index (χ3n) is 5.24. The molecule has 5 nitrogen and oxygen atoms in total. The summed E-state index contributed by atoms with van der Waals surface area (Å²) in [4.78, 5) is 25.1. The normalized spacial score (nSPS) is 13.7. The number of oxazole rings is 1. The third-order valence-corrected chi connectivity index (χ3v) is 6.66. The fourth-order valence-electron chi connectivity index (χ4n) is 3.67. The summed E-state index contributed by atoms with van der Waals surface area (Å²) < 4.78 is 5.87. The van der Waals surface area contributed by atoms with Crippen LogP contribution in [0, 0.1) is 6.92 Å². The van der Waals surface area contributed by atoms with Gasteiger partial charge in [0.25, 0.3) is 0 Å². The Labute approximate surface area is 198 Å². The van der Waals surface area contributed by atoms with E-state index in [9.17, 15) is 4.79 Å². The molecule has 0 radical (unpaired) electrons. The largest absolute Gasteiger partial charge is 0.440 e. The zero-order chi connectivity index (χ0) is 22.2. The summed E-state index contributed by atoms with van der Waals surface area (Å²) in [7, 11) is 0. The molecule has 0 aliphatic carbocycles. The van der Waals surface area contributed by atoms with Crippen molar-refractivity contribution in [2.24, 2.45) is 4.99 Å². The predicted molar refractivity (Wildman–Crippen MR) is 129 cm³/mol. The van der Waals surface area contributed by atoms with Gasteiger partial charge in [0.15, 0.2) is 0 Å². The van der Waals surface area contributed by atoms with Gasteiger partial charge in [-0.25, -0.2) is 4.98 Å². The molecule has 2 aromatic carbocycles. The van der Waals surface area contributed by atoms with E-state index < -0.39 is 0 Å². The van der Waals surface area contributed by atoms with Gasteiger partial charge in [-0.05, 0) is 42.6 Å². The van der Waals surface area contributed by atoms with Crippen molar-refractivity contribution < 1.29 is 9.21 Å². The Hall–Kier alpha value is -2.93. The lowest BCUT2D eigenvalue weighted by atomic mass is 10.00. The molecule has 3 heterocycles. The number of carbonyl (C=O) groups is 1. The van der Waals surface area contributed by atoms with Crippen molar-refractivity contribution in [1.82, 2.24) is 4.98 Å². The fraction of sp³-hybridized carbons (Fsp3) is 0.125. The van der Waals surface area contributed by atoms with E-state index in [1.165, 1.54) is 0 Å². The molecule has 0 unspecified atom stereocenters. The van der Waals surface area contributed by atoms with Crippen molar-refractivity contribution >= 4 is 51.8 Å². The highest BCUT2D eigenvalue weighted by atomic mass is 35.5. The van der Waals surface area contributed by atoms with Gasteiger partial charge in [0.1, 0.15) is 18.0 Å². The SMILES string of the molecule is Cc1oc(-c2cccs2)nc1CN1C(=O)CN=C(c2ccccc2Cl)c2cc(Cl)ccc21. The molecule has 5 rings (SSSR count). The lowest BCUT2D eigenvalue weighted by molar-refractivity contribution is -0.117. The van der Waals surface area contributed by atoms with E-state index in [1.807, 2.05) is 54.8 Å². The van der Waals surface area contributed by atoms with E-state index in [1.54, 1.807) is 28.4 Å². The highest BCUT2D eigenvalue weighted by Gasteiger charge is 2.28. The number of benzodiazepines with no additional fused rings is 1. The summed E-state index contributed by atoms with van der Waals surface area (Å²) in [6.07, 6.45) is 0. The fourth-order valence-corrected chi connectivity index (χ4v) is 4.72. The monoisotopic (exact) mass is 481 g/mol. The maximum atomic E-state index is 13.2. The molecule has 0 spiro atoms. The van der Waals surface area contributed by atoms with Gasteiger partial charge in [-0.1, -0.05) is 47.5 Å². The van der Waals surface area contributed by atoms with Crippen molar-refractivity contribution in [3.05, 3.63) is 92.6 Å². The molecule has 1 aliphatic heterocycles. The quantitative estimate of drug-likeness (QED) is 0.338. The highest BCUT2D eigenvalue weighted by molar-refractivity contribution is 7.13. The third kappa shape index (κ3) is 3.86. The van der Waals surface area contributed by atoms with Crippen LogP contribution in [0.15, 0.2) is 69.4 Å². The van der Waals surface area contributed by atoms with E-state index >= 15 is 0 Å². The lowest BCUT2D eigenvalue weighted by Crippen LogP contribution is -2.32. The Morgan fingerprint density at radius 1 is 1.09 bits per heavy atom. The molecule has 8 heteroatoms. The van der Waals surface area contributed by atoms with Crippen LogP contribution in [0.2, 0.25) is 10.0 Å². The molecule has 0 bridgehead atoms. The first kappa shape index (κ1) is 20.9. The molecule has 2 aromatic heterocycles. The second-order valence-electron chi connectivity index (χ2n) is 7.29. The Balaban J connectivity index is 1.58. The van der Waals surface area contributed by atoms with Crippen LogP contribution in [0.4, 0.5) is 5.69 Å². The van der Waals surface area contributed by atoms with Crippen LogP contribution < -0.4 is 4.90 Å². The van der Waals surface area contributed by atoms with E-state index in [2.05, 4.69) is 9.98 Å². The number of thiophene rings is 1. The van der Waals surface area contributed by atoms with Gasteiger partial charge in [0.2, 0.25) is 11.8 Å². The van der Waals surface area contributed by atoms with Crippen molar-refractivity contribution in [2.75, 3.05) is 11.4 Å². The summed E-state index contributed by atoms with van der Waals surface area (Å²) in [5.74, 6) is 1.09. The smallest absolute Gasteiger partial charge is 0.249 e. The van der Waals surface area contributed by atoms with Gasteiger partial charge in [-0.15, -0.1) is 11.3 Å². The van der Waals surface area contributed by atoms with Gasteiger partial charge in [0, 0.05) is 21.2 Å². The zero-order valence-corrected chi connectivity index (χ0v) is 19.3. The van der Waals surface area contributed by atoms with Crippen molar-refractivity contribution in [3.8, 4) is 10.8 Å². The number of aromatic nitrogens is 1. The van der Waals surface area contributed by atoms with Crippen LogP contribution in [0.5, 0.6) is 0 Å². The van der Waals surface area contributed by atoms with Crippen molar-refractivity contribution in [3.63, 3.8) is 0 Å². The number of nitrogens with zero attached hydrogens (tertiary/aromatic N) is 3. The standard InChI is InChI=1S/C24H17Cl2N3O2S/c1-14-19(28-24(31-14)21-7-4-10-32-21)13-29-20-9-8-15(25)11-17(20)23(27-12-22(29)30)16-5-2-3-6-18(16)26/h2-11H,12-13H2,1H3. The number of anilines is 1. The minimum atomic E-state index is -0.143. The number of hydrogen-bond donors (Lipinski definition) is 0. The summed E-state index contributed by atoms with van der Waals surface area (Å²) in [5, 5.41) is 3.09. The zero-order valence-electron chi connectivity index (χ0n) is 17.0. The first-order valence-corrected chi connectivity index (χ1v) is 11.5. The number of benzene rings is 2. The number of rotatable bonds is 4. The molecule has 0 saturated carbocycles. The first-order chi connectivity index (χ1) is 15.5. The molecular formula is C24H17Cl2N3O2S. The lowest BCUT2D eigenvalue weighted by Gasteiger charge is -2.22. The molecule has 32 heavy (non-hydrogen) atoms. The first-order valence-electron chi connectivity index (χ1n) is 9.91. The maximum absolute atomic E-state index is 13.2. The number of halogens is 2. The van der Waals surface area contributed by atoms with Crippen LogP contribution in [0.1, 0.15) is 22.6 Å². The van der Waals surface area contributed by atoms with Crippen LogP contribution >= 0.6 is 34.5 Å². The number of amides is 1. The summed E-state index contributed by atoms with van der Waals surface area (Å²) >= 11 is 14.3. The second-order valence-corrected chi connectivity index (χ2v) is 9.08. The van der Waals surface area contributed by atoms with Gasteiger partial charge in [-0.3, -0.25) is 9.79 Å². The Morgan fingerprint density at radius 3 is 2.72 bits per heavy atom. The molecule has 160 valence electrons. The average molecular weight is 482 g/mol. The molecule has 4 aromatic rings. The van der Waals surface area contributed by atoms with E-state index in [0.29, 0.717) is 38.8 Å². The van der Waals surface area contributed by atoms with E-state index in [-0.39, 0.29) is 19.0 Å². The number of fused-ring (bicyclic) bond motifs is 1. The topological polar surface area (TPSA) is 58.7 Å². The summed E-state index contributed by atoms with van der Waals surface area (Å²) in [6.45, 7) is 2.11. The van der Waals surface area contributed by atoms with E-state index in [4.69, 9.17) is 27.6 Å². The average Bonchev–Trinajstić information content (AvgIpc) is 3.41. The van der Waals surface area contributed by atoms with Crippen LogP contribution in [0.3, 0.4) is 0 Å². The number of aliphatic imine (C=N–C) groups is 1. The number of aryl methyl sites for hydroxylation is 1. The van der Waals surface area contributed by atoms with Gasteiger partial charge in [0.05, 0.1) is 22.8 Å². The molecule has 1 aliphatic rings. The molecule has 0 saturated heterocycles. The van der Waals surface area contributed by atoms with E-state index in [0.717, 1.165) is 16.0 Å². The Kier molecular flexibility index (Phi) is 5.59. The van der Waals surface area contributed by atoms with Crippen LogP contribution in [-0.2, 0) is 11.3 Å². The maximum Gasteiger partial charge on any atom is 0.249 e. The molecule has 1 amide bonds. The van der Waals surface area contributed by atoms with Crippen molar-refractivity contribution in [1.29, 1.82) is 0 Å². The van der Waals surface area contributed by atoms with Crippen molar-refractivity contribution in [2.45, 2.75) is 13.5 Å². The molecular weight excluding hydrogens is 465 g/mol. The van der Waals surface area contributed by atoms with Gasteiger partial charge < -0.3 is 9.32 Å². The number of carbonyl (C=O) groups excluding carboxylic acids is 1. The minimum Gasteiger partial charge on any atom is -0.440 e. The molecule has 0 N–H and O–H groups in total. The number of hydrogen-bond acceptors (Lipinski definition) is 5. The van der Waals surface area contributed by atoms with Gasteiger partial charge in [-0.2, -0.15) is 0 Å². The highest BCUT2D eigenvalue weighted by Crippen LogP contribution is 2.33. The second kappa shape index (κ2) is 8.54. The van der Waals surface area contributed by atoms with Crippen LogP contribution in [-0.4, -0.2) is 23.1 Å². The van der Waals surface area contributed by atoms with Gasteiger partial charge >= 0.3 is 0 Å². The summed E-state index contributed by atoms with van der Waals surface area (Å²) in [5.41, 5.74) is 3.54. The Morgan fingerprint density at radius 2 is 1.94 bits per heavy atom. The molecule has 0 atom stereocenters. The summed E-state index contributed by atoms with van der Waals surface area (Å²) in [6, 6.07) is 16.8. The predicted octanol–water partition coefficient (Wildman–Crippen LogP) is 6.40. The van der Waals surface area contributed by atoms with Crippen LogP contribution in [0.25, 0.3) is 10.8 Å². The minimum absolute atomic E-state index is 0.0124. The Bertz CT molecular complexity index is 1350. The molecule has 0 fully saturated rings.